The lowest BCUT2D eigenvalue weighted by Crippen LogP contribution is -2.34. The minimum Gasteiger partial charge on any atom is -0.451 e. The zero-order valence-electron chi connectivity index (χ0n) is 16.3. The number of anilines is 1. The summed E-state index contributed by atoms with van der Waals surface area (Å²) in [6, 6.07) is 9.19. The SMILES string of the molecule is O=C(Cn1nc2c(c1NC(=O)c1cc3ccccc3o1)CSC2)NC[C@@H]1CCCO1. The van der Waals surface area contributed by atoms with Crippen LogP contribution < -0.4 is 10.6 Å². The Balaban J connectivity index is 1.32. The molecule has 1 atom stereocenters. The molecule has 1 aromatic carbocycles. The first-order chi connectivity index (χ1) is 14.7. The number of thioether (sulfide) groups is 1. The maximum absolute atomic E-state index is 12.8. The highest BCUT2D eigenvalue weighted by Gasteiger charge is 2.26. The van der Waals surface area contributed by atoms with E-state index in [0.29, 0.717) is 17.9 Å². The predicted octanol–water partition coefficient (Wildman–Crippen LogP) is 2.92. The molecule has 4 heterocycles. The van der Waals surface area contributed by atoms with Crippen molar-refractivity contribution < 1.29 is 18.7 Å². The van der Waals surface area contributed by atoms with Crippen LogP contribution in [0.15, 0.2) is 34.7 Å². The normalized spacial score (nSPS) is 17.9. The number of nitrogens with one attached hydrogen (secondary N) is 2. The van der Waals surface area contributed by atoms with Crippen molar-refractivity contribution >= 4 is 40.4 Å². The first-order valence-corrected chi connectivity index (χ1v) is 11.2. The number of nitrogens with zero attached hydrogens (tertiary/aromatic N) is 2. The van der Waals surface area contributed by atoms with Crippen molar-refractivity contribution in [2.75, 3.05) is 18.5 Å². The predicted molar refractivity (Wildman–Crippen MR) is 113 cm³/mol. The van der Waals surface area contributed by atoms with Crippen molar-refractivity contribution in [2.24, 2.45) is 0 Å². The first-order valence-electron chi connectivity index (χ1n) is 10.0. The second-order valence-corrected chi connectivity index (χ2v) is 8.45. The highest BCUT2D eigenvalue weighted by Crippen LogP contribution is 2.35. The summed E-state index contributed by atoms with van der Waals surface area (Å²) in [4.78, 5) is 25.3. The van der Waals surface area contributed by atoms with Crippen molar-refractivity contribution in [2.45, 2.75) is 37.0 Å². The van der Waals surface area contributed by atoms with E-state index in [-0.39, 0.29) is 30.2 Å². The molecule has 1 fully saturated rings. The van der Waals surface area contributed by atoms with Gasteiger partial charge in [0.25, 0.3) is 5.91 Å². The van der Waals surface area contributed by atoms with Crippen molar-refractivity contribution in [3.8, 4) is 0 Å². The monoisotopic (exact) mass is 426 g/mol. The molecule has 0 radical (unpaired) electrons. The Morgan fingerprint density at radius 1 is 1.27 bits per heavy atom. The van der Waals surface area contributed by atoms with Crippen LogP contribution in [0.25, 0.3) is 11.0 Å². The third kappa shape index (κ3) is 3.82. The van der Waals surface area contributed by atoms with Crippen LogP contribution in [0, 0.1) is 0 Å². The Morgan fingerprint density at radius 3 is 3.00 bits per heavy atom. The topological polar surface area (TPSA) is 98.4 Å². The zero-order chi connectivity index (χ0) is 20.5. The Kier molecular flexibility index (Phi) is 5.22. The number of hydrogen-bond acceptors (Lipinski definition) is 6. The molecule has 0 bridgehead atoms. The summed E-state index contributed by atoms with van der Waals surface area (Å²) in [7, 11) is 0. The molecule has 3 aromatic rings. The number of fused-ring (bicyclic) bond motifs is 2. The second kappa shape index (κ2) is 8.16. The molecule has 0 saturated carbocycles. The van der Waals surface area contributed by atoms with Crippen LogP contribution in [0.5, 0.6) is 0 Å². The minimum atomic E-state index is -0.355. The molecule has 30 heavy (non-hydrogen) atoms. The smallest absolute Gasteiger partial charge is 0.292 e. The van der Waals surface area contributed by atoms with E-state index in [1.807, 2.05) is 24.3 Å². The summed E-state index contributed by atoms with van der Waals surface area (Å²) < 4.78 is 12.8. The molecule has 2 aromatic heterocycles. The number of hydrogen-bond donors (Lipinski definition) is 2. The van der Waals surface area contributed by atoms with E-state index in [9.17, 15) is 9.59 Å². The number of ether oxygens (including phenoxy) is 1. The molecule has 8 nitrogen and oxygen atoms in total. The fourth-order valence-corrected chi connectivity index (χ4v) is 4.84. The largest absolute Gasteiger partial charge is 0.451 e. The molecule has 2 aliphatic heterocycles. The number of rotatable bonds is 6. The van der Waals surface area contributed by atoms with Crippen LogP contribution in [-0.2, 0) is 27.6 Å². The number of carbonyl (C=O) groups excluding carboxylic acids is 2. The fourth-order valence-electron chi connectivity index (χ4n) is 3.81. The van der Waals surface area contributed by atoms with Gasteiger partial charge in [0.15, 0.2) is 5.76 Å². The van der Waals surface area contributed by atoms with Gasteiger partial charge in [-0.1, -0.05) is 18.2 Å². The molecule has 2 N–H and O–H groups in total. The molecule has 1 saturated heterocycles. The summed E-state index contributed by atoms with van der Waals surface area (Å²) in [5.74, 6) is 1.81. The number of amides is 2. The van der Waals surface area contributed by atoms with Gasteiger partial charge in [-0.15, -0.1) is 0 Å². The van der Waals surface area contributed by atoms with Crippen molar-refractivity contribution in [3.05, 3.63) is 47.3 Å². The van der Waals surface area contributed by atoms with E-state index in [4.69, 9.17) is 9.15 Å². The van der Waals surface area contributed by atoms with E-state index < -0.39 is 0 Å². The fraction of sp³-hybridized carbons (Fsp3) is 0.381. The number of para-hydroxylation sites is 1. The summed E-state index contributed by atoms with van der Waals surface area (Å²) in [5, 5.41) is 11.3. The average Bonchev–Trinajstić information content (AvgIpc) is 3.52. The van der Waals surface area contributed by atoms with Crippen molar-refractivity contribution in [1.82, 2.24) is 15.1 Å². The molecule has 0 unspecified atom stereocenters. The molecular formula is C21H22N4O4S. The van der Waals surface area contributed by atoms with Crippen LogP contribution in [0.1, 0.15) is 34.7 Å². The third-order valence-corrected chi connectivity index (χ3v) is 6.31. The van der Waals surface area contributed by atoms with E-state index in [1.54, 1.807) is 22.5 Å². The lowest BCUT2D eigenvalue weighted by atomic mass is 10.2. The third-order valence-electron chi connectivity index (χ3n) is 5.34. The van der Waals surface area contributed by atoms with E-state index in [2.05, 4.69) is 15.7 Å². The number of carbonyl (C=O) groups is 2. The molecular weight excluding hydrogens is 404 g/mol. The van der Waals surface area contributed by atoms with Gasteiger partial charge < -0.3 is 19.8 Å². The van der Waals surface area contributed by atoms with Crippen molar-refractivity contribution in [1.29, 1.82) is 0 Å². The zero-order valence-corrected chi connectivity index (χ0v) is 17.2. The minimum absolute atomic E-state index is 0.0418. The van der Waals surface area contributed by atoms with Crippen LogP contribution >= 0.6 is 11.8 Å². The average molecular weight is 426 g/mol. The lowest BCUT2D eigenvalue weighted by Gasteiger charge is -2.13. The molecule has 2 amide bonds. The highest BCUT2D eigenvalue weighted by atomic mass is 32.2. The van der Waals surface area contributed by atoms with Gasteiger partial charge in [0.1, 0.15) is 17.9 Å². The number of furan rings is 1. The quantitative estimate of drug-likeness (QED) is 0.629. The molecule has 0 aliphatic carbocycles. The summed E-state index contributed by atoms with van der Waals surface area (Å²) in [6.07, 6.45) is 2.08. The molecule has 0 spiro atoms. The molecule has 2 aliphatic rings. The van der Waals surface area contributed by atoms with Crippen molar-refractivity contribution in [3.63, 3.8) is 0 Å². The van der Waals surface area contributed by atoms with Crippen LogP contribution in [0.2, 0.25) is 0 Å². The molecule has 156 valence electrons. The van der Waals surface area contributed by atoms with Gasteiger partial charge in [-0.25, -0.2) is 4.68 Å². The van der Waals surface area contributed by atoms with Crippen LogP contribution in [0.3, 0.4) is 0 Å². The Morgan fingerprint density at radius 2 is 2.17 bits per heavy atom. The van der Waals surface area contributed by atoms with E-state index >= 15 is 0 Å². The Hall–Kier alpha value is -2.78. The van der Waals surface area contributed by atoms with Gasteiger partial charge in [0.05, 0.1) is 11.8 Å². The van der Waals surface area contributed by atoms with Gasteiger partial charge in [0.2, 0.25) is 5.91 Å². The van der Waals surface area contributed by atoms with Crippen LogP contribution in [-0.4, -0.2) is 40.9 Å². The second-order valence-electron chi connectivity index (χ2n) is 7.47. The van der Waals surface area contributed by atoms with Gasteiger partial charge in [-0.2, -0.15) is 16.9 Å². The van der Waals surface area contributed by atoms with E-state index in [1.165, 1.54) is 0 Å². The maximum Gasteiger partial charge on any atom is 0.292 e. The highest BCUT2D eigenvalue weighted by molar-refractivity contribution is 7.98. The summed E-state index contributed by atoms with van der Waals surface area (Å²) in [6.45, 7) is 1.29. The summed E-state index contributed by atoms with van der Waals surface area (Å²) in [5.41, 5.74) is 2.54. The van der Waals surface area contributed by atoms with Crippen LogP contribution in [0.4, 0.5) is 5.82 Å². The maximum atomic E-state index is 12.8. The van der Waals surface area contributed by atoms with Gasteiger partial charge >= 0.3 is 0 Å². The lowest BCUT2D eigenvalue weighted by molar-refractivity contribution is -0.122. The Bertz CT molecular complexity index is 1070. The molecule has 5 rings (SSSR count). The first kappa shape index (κ1) is 19.2. The standard InChI is InChI=1S/C21H22N4O4S/c26-19(22-9-14-5-3-7-28-14)10-25-20(15-11-30-12-16(15)24-25)23-21(27)18-8-13-4-1-2-6-17(13)29-18/h1-2,4,6,8,14H,3,5,7,9-12H2,(H,22,26)(H,23,27)/t14-/m0/s1. The summed E-state index contributed by atoms with van der Waals surface area (Å²) >= 11 is 1.74. The van der Waals surface area contributed by atoms with Gasteiger partial charge in [-0.05, 0) is 25.0 Å². The number of aromatic nitrogens is 2. The Labute approximate surface area is 177 Å². The van der Waals surface area contributed by atoms with E-state index in [0.717, 1.165) is 47.6 Å². The molecule has 9 heteroatoms. The van der Waals surface area contributed by atoms with Gasteiger partial charge in [-0.3, -0.25) is 9.59 Å². The number of benzene rings is 1. The van der Waals surface area contributed by atoms with Gasteiger partial charge in [0, 0.05) is 35.6 Å².